The lowest BCUT2D eigenvalue weighted by Gasteiger charge is -2.21. The first-order chi connectivity index (χ1) is 14.0. The van der Waals surface area contributed by atoms with Crippen LogP contribution < -0.4 is 0 Å². The highest BCUT2D eigenvalue weighted by molar-refractivity contribution is 6.30. The van der Waals surface area contributed by atoms with Gasteiger partial charge in [0.15, 0.2) is 0 Å². The Labute approximate surface area is 177 Å². The molecule has 1 heterocycles. The lowest BCUT2D eigenvalue weighted by molar-refractivity contribution is 0.210. The number of hydrogen-bond donors (Lipinski definition) is 2. The van der Waals surface area contributed by atoms with Crippen LogP contribution in [0.25, 0.3) is 5.76 Å². The van der Waals surface area contributed by atoms with Gasteiger partial charge in [-0.3, -0.25) is 4.98 Å². The van der Waals surface area contributed by atoms with Crippen molar-refractivity contribution in [1.82, 2.24) is 4.98 Å². The topological polar surface area (TPSA) is 53.4 Å². The molecule has 0 fully saturated rings. The van der Waals surface area contributed by atoms with E-state index in [0.29, 0.717) is 34.1 Å². The van der Waals surface area contributed by atoms with Crippen molar-refractivity contribution in [3.05, 3.63) is 106 Å². The molecule has 0 saturated carbocycles. The third-order valence-corrected chi connectivity index (χ3v) is 5.58. The minimum absolute atomic E-state index is 0.0666. The van der Waals surface area contributed by atoms with E-state index < -0.39 is 6.10 Å². The lowest BCUT2D eigenvalue weighted by Crippen LogP contribution is -2.10. The minimum Gasteiger partial charge on any atom is -0.507 e. The zero-order chi connectivity index (χ0) is 20.8. The molecule has 2 N–H and O–H groups in total. The highest BCUT2D eigenvalue weighted by Crippen LogP contribution is 2.33. The quantitative estimate of drug-likeness (QED) is 0.440. The van der Waals surface area contributed by atoms with Crippen molar-refractivity contribution in [2.24, 2.45) is 0 Å². The summed E-state index contributed by atoms with van der Waals surface area (Å²) in [7, 11) is 0. The fraction of sp³-hybridized carbons (Fsp3) is 0.240. The molecule has 0 amide bonds. The van der Waals surface area contributed by atoms with Crippen molar-refractivity contribution in [3.63, 3.8) is 0 Å². The maximum absolute atomic E-state index is 11.1. The Bertz CT molecular complexity index is 968. The van der Waals surface area contributed by atoms with Gasteiger partial charge >= 0.3 is 0 Å². The average Bonchev–Trinajstić information content (AvgIpc) is 2.77. The largest absolute Gasteiger partial charge is 0.507 e. The minimum atomic E-state index is -0.968. The molecule has 0 aliphatic rings. The van der Waals surface area contributed by atoms with E-state index in [1.165, 1.54) is 5.56 Å². The van der Waals surface area contributed by atoms with Crippen LogP contribution in [-0.2, 0) is 6.42 Å². The van der Waals surface area contributed by atoms with E-state index in [2.05, 4.69) is 31.0 Å². The van der Waals surface area contributed by atoms with E-state index in [1.807, 2.05) is 18.2 Å². The molecular formula is C25H26ClNO2. The molecule has 0 aliphatic carbocycles. The van der Waals surface area contributed by atoms with Crippen molar-refractivity contribution in [2.75, 3.05) is 0 Å². The summed E-state index contributed by atoms with van der Waals surface area (Å²) >= 11 is 6.00. The van der Waals surface area contributed by atoms with Crippen LogP contribution in [0.2, 0.25) is 5.02 Å². The van der Waals surface area contributed by atoms with Crippen LogP contribution in [0.3, 0.4) is 0 Å². The van der Waals surface area contributed by atoms with Crippen LogP contribution in [0.4, 0.5) is 0 Å². The molecule has 0 aliphatic heterocycles. The van der Waals surface area contributed by atoms with E-state index >= 15 is 0 Å². The Hall–Kier alpha value is -2.62. The highest BCUT2D eigenvalue weighted by atomic mass is 35.5. The Kier molecular flexibility index (Phi) is 7.08. The summed E-state index contributed by atoms with van der Waals surface area (Å²) in [6.45, 7) is 4.35. The van der Waals surface area contributed by atoms with Crippen molar-refractivity contribution in [1.29, 1.82) is 0 Å². The van der Waals surface area contributed by atoms with Crippen LogP contribution in [0.15, 0.2) is 78.6 Å². The van der Waals surface area contributed by atoms with Gasteiger partial charge in [0.05, 0.1) is 0 Å². The van der Waals surface area contributed by atoms with Gasteiger partial charge in [-0.2, -0.15) is 0 Å². The van der Waals surface area contributed by atoms with Gasteiger partial charge in [0, 0.05) is 40.5 Å². The van der Waals surface area contributed by atoms with Crippen LogP contribution in [0.1, 0.15) is 54.5 Å². The molecule has 29 heavy (non-hydrogen) atoms. The van der Waals surface area contributed by atoms with E-state index in [4.69, 9.17) is 11.6 Å². The molecule has 3 rings (SSSR count). The van der Waals surface area contributed by atoms with Gasteiger partial charge in [0.2, 0.25) is 0 Å². The summed E-state index contributed by atoms with van der Waals surface area (Å²) < 4.78 is 0. The molecule has 0 bridgehead atoms. The van der Waals surface area contributed by atoms with Crippen molar-refractivity contribution >= 4 is 17.4 Å². The van der Waals surface area contributed by atoms with Crippen molar-refractivity contribution in [3.8, 4) is 0 Å². The zero-order valence-corrected chi connectivity index (χ0v) is 17.5. The first-order valence-corrected chi connectivity index (χ1v) is 10.2. The SMILES string of the molecule is CCC(C)c1ccccc1C/C(=C(\O)c1ccc(Cl)cc1)C(O)c1cccnc1. The molecule has 1 aromatic heterocycles. The van der Waals surface area contributed by atoms with E-state index in [-0.39, 0.29) is 5.76 Å². The molecule has 0 spiro atoms. The molecule has 0 saturated heterocycles. The molecular weight excluding hydrogens is 382 g/mol. The summed E-state index contributed by atoms with van der Waals surface area (Å²) in [6.07, 6.45) is 3.77. The summed E-state index contributed by atoms with van der Waals surface area (Å²) in [5.74, 6) is 0.456. The molecule has 2 unspecified atom stereocenters. The van der Waals surface area contributed by atoms with Gasteiger partial charge in [-0.05, 0) is 53.8 Å². The number of hydrogen-bond acceptors (Lipinski definition) is 3. The zero-order valence-electron chi connectivity index (χ0n) is 16.7. The van der Waals surface area contributed by atoms with Gasteiger partial charge < -0.3 is 10.2 Å². The fourth-order valence-corrected chi connectivity index (χ4v) is 3.57. The van der Waals surface area contributed by atoms with E-state index in [1.54, 1.807) is 42.7 Å². The maximum Gasteiger partial charge on any atom is 0.125 e. The standard InChI is InChI=1S/C25H26ClNO2/c1-3-17(2)22-9-5-4-7-19(22)15-23(25(29)20-8-6-14-27-16-20)24(28)18-10-12-21(26)13-11-18/h4-14,16-17,25,28-29H,3,15H2,1-2H3/b24-23+. The molecule has 2 atom stereocenters. The Morgan fingerprint density at radius 1 is 1.03 bits per heavy atom. The van der Waals surface area contributed by atoms with Gasteiger partial charge in [-0.15, -0.1) is 0 Å². The number of benzene rings is 2. The van der Waals surface area contributed by atoms with Crippen LogP contribution in [0, 0.1) is 0 Å². The Balaban J connectivity index is 2.09. The molecule has 150 valence electrons. The number of aromatic nitrogens is 1. The maximum atomic E-state index is 11.1. The number of nitrogens with zero attached hydrogens (tertiary/aromatic N) is 1. The summed E-state index contributed by atoms with van der Waals surface area (Å²) in [4.78, 5) is 4.12. The summed E-state index contributed by atoms with van der Waals surface area (Å²) in [5.41, 5.74) is 4.13. The predicted molar refractivity (Wildman–Crippen MR) is 119 cm³/mol. The van der Waals surface area contributed by atoms with Crippen molar-refractivity contribution < 1.29 is 10.2 Å². The number of rotatable bonds is 7. The molecule has 2 aromatic carbocycles. The molecule has 3 nitrogen and oxygen atoms in total. The number of aliphatic hydroxyl groups excluding tert-OH is 2. The number of halogens is 1. The third kappa shape index (κ3) is 5.06. The van der Waals surface area contributed by atoms with Crippen LogP contribution in [0.5, 0.6) is 0 Å². The molecule has 0 radical (unpaired) electrons. The normalized spacial score (nSPS) is 14.2. The van der Waals surface area contributed by atoms with Gasteiger partial charge in [-0.25, -0.2) is 0 Å². The summed E-state index contributed by atoms with van der Waals surface area (Å²) in [6, 6.07) is 18.8. The first kappa shape index (κ1) is 21.1. The van der Waals surface area contributed by atoms with Crippen molar-refractivity contribution in [2.45, 2.75) is 38.7 Å². The predicted octanol–water partition coefficient (Wildman–Crippen LogP) is 6.49. The average molecular weight is 408 g/mol. The monoisotopic (exact) mass is 407 g/mol. The lowest BCUT2D eigenvalue weighted by atomic mass is 9.87. The molecule has 3 aromatic rings. The highest BCUT2D eigenvalue weighted by Gasteiger charge is 2.21. The second-order valence-electron chi connectivity index (χ2n) is 7.25. The summed E-state index contributed by atoms with van der Waals surface area (Å²) in [5, 5.41) is 22.8. The first-order valence-electron chi connectivity index (χ1n) is 9.85. The third-order valence-electron chi connectivity index (χ3n) is 5.33. The van der Waals surface area contributed by atoms with Gasteiger partial charge in [0.25, 0.3) is 0 Å². The number of aliphatic hydroxyl groups is 2. The second-order valence-corrected chi connectivity index (χ2v) is 7.69. The smallest absolute Gasteiger partial charge is 0.125 e. The second kappa shape index (κ2) is 9.73. The van der Waals surface area contributed by atoms with Gasteiger partial charge in [-0.1, -0.05) is 55.8 Å². The van der Waals surface area contributed by atoms with Gasteiger partial charge in [0.1, 0.15) is 11.9 Å². The Morgan fingerprint density at radius 3 is 2.41 bits per heavy atom. The van der Waals surface area contributed by atoms with E-state index in [0.717, 1.165) is 12.0 Å². The van der Waals surface area contributed by atoms with Crippen LogP contribution in [-0.4, -0.2) is 15.2 Å². The number of pyridine rings is 1. The Morgan fingerprint density at radius 2 is 1.76 bits per heavy atom. The molecule has 4 heteroatoms. The van der Waals surface area contributed by atoms with E-state index in [9.17, 15) is 10.2 Å². The van der Waals surface area contributed by atoms with Crippen LogP contribution >= 0.6 is 11.6 Å². The fourth-order valence-electron chi connectivity index (χ4n) is 3.44.